The molecule has 48 heavy (non-hydrogen) atoms. The van der Waals surface area contributed by atoms with Gasteiger partial charge in [0.05, 0.1) is 16.8 Å². The maximum Gasteiger partial charge on any atom is 0.335 e. The number of likely N-dealkylation sites (tertiary alicyclic amines) is 2. The smallest absolute Gasteiger partial charge is 0.335 e. The molecule has 2 N–H and O–H groups in total. The Kier molecular flexibility index (Phi) is 12.0. The van der Waals surface area contributed by atoms with Crippen LogP contribution in [0, 0.1) is 0 Å². The largest absolute Gasteiger partial charge is 0.478 e. The first-order valence-corrected chi connectivity index (χ1v) is 18.2. The third-order valence-corrected chi connectivity index (χ3v) is 10.6. The fourth-order valence-corrected chi connectivity index (χ4v) is 7.45. The zero-order valence-electron chi connectivity index (χ0n) is 28.5. The fraction of sp³-hybridized carbons (Fsp3) is 0.595. The second-order valence-electron chi connectivity index (χ2n) is 13.8. The standard InChI is InChI=1S/C37H53N7O4/c45-35(43-25-21-41(22-26-43)19-17-39-13-3-1-4-14-39)31-9-12-33(34(29-31)38-32-10-7-30(8-11-32)37(47)48)36(46)44-27-23-42(24-28-44)20-18-40-15-5-2-6-16-40/h7-12,29,38H,1-6,13-28H2,(H,47,48). The van der Waals surface area contributed by atoms with Crippen LogP contribution in [0.4, 0.5) is 11.4 Å². The number of rotatable bonds is 11. The summed E-state index contributed by atoms with van der Waals surface area (Å²) in [6.45, 7) is 15.2. The van der Waals surface area contributed by atoms with E-state index in [1.165, 1.54) is 76.8 Å². The molecule has 2 aromatic carbocycles. The van der Waals surface area contributed by atoms with Crippen LogP contribution < -0.4 is 5.32 Å². The van der Waals surface area contributed by atoms with Gasteiger partial charge in [-0.25, -0.2) is 4.79 Å². The van der Waals surface area contributed by atoms with Crippen molar-refractivity contribution in [3.8, 4) is 0 Å². The Labute approximate surface area is 285 Å². The molecule has 2 amide bonds. The molecule has 0 aromatic heterocycles. The van der Waals surface area contributed by atoms with E-state index in [1.807, 2.05) is 9.80 Å². The molecule has 0 aliphatic carbocycles. The highest BCUT2D eigenvalue weighted by Gasteiger charge is 2.27. The molecule has 4 heterocycles. The SMILES string of the molecule is O=C(O)c1ccc(Nc2cc(C(=O)N3CCN(CCN4CCCCC4)CC3)ccc2C(=O)N2CCN(CCN3CCCCC3)CC2)cc1. The normalized spacial score (nSPS) is 20.5. The molecule has 4 aliphatic rings. The van der Waals surface area contributed by atoms with Crippen LogP contribution in [0.15, 0.2) is 42.5 Å². The van der Waals surface area contributed by atoms with Gasteiger partial charge in [0.15, 0.2) is 0 Å². The van der Waals surface area contributed by atoms with Crippen LogP contribution in [0.2, 0.25) is 0 Å². The van der Waals surface area contributed by atoms with E-state index in [4.69, 9.17) is 0 Å². The lowest BCUT2D eigenvalue weighted by Crippen LogP contribution is -2.50. The van der Waals surface area contributed by atoms with E-state index in [0.29, 0.717) is 48.7 Å². The molecule has 11 heteroatoms. The molecule has 0 radical (unpaired) electrons. The lowest BCUT2D eigenvalue weighted by molar-refractivity contribution is 0.0609. The van der Waals surface area contributed by atoms with Gasteiger partial charge in [0.2, 0.25) is 0 Å². The van der Waals surface area contributed by atoms with Crippen molar-refractivity contribution in [3.63, 3.8) is 0 Å². The lowest BCUT2D eigenvalue weighted by Gasteiger charge is -2.37. The van der Waals surface area contributed by atoms with Crippen LogP contribution in [0.1, 0.15) is 69.6 Å². The summed E-state index contributed by atoms with van der Waals surface area (Å²) in [6.07, 6.45) is 7.87. The Hall–Kier alpha value is -3.51. The van der Waals surface area contributed by atoms with E-state index >= 15 is 0 Å². The predicted molar refractivity (Wildman–Crippen MR) is 188 cm³/mol. The quantitative estimate of drug-likeness (QED) is 0.375. The second kappa shape index (κ2) is 16.7. The average molecular weight is 660 g/mol. The minimum Gasteiger partial charge on any atom is -0.478 e. The first-order valence-electron chi connectivity index (χ1n) is 18.2. The summed E-state index contributed by atoms with van der Waals surface area (Å²) >= 11 is 0. The Bertz CT molecular complexity index is 1370. The molecule has 0 saturated carbocycles. The number of carbonyl (C=O) groups is 3. The molecule has 0 atom stereocenters. The van der Waals surface area contributed by atoms with Crippen molar-refractivity contribution in [3.05, 3.63) is 59.2 Å². The van der Waals surface area contributed by atoms with Crippen molar-refractivity contribution in [2.75, 3.05) is 110 Å². The summed E-state index contributed by atoms with van der Waals surface area (Å²) < 4.78 is 0. The third kappa shape index (κ3) is 9.13. The van der Waals surface area contributed by atoms with E-state index in [-0.39, 0.29) is 17.4 Å². The Morgan fingerprint density at radius 3 is 1.44 bits per heavy atom. The molecule has 2 aromatic rings. The summed E-state index contributed by atoms with van der Waals surface area (Å²) in [5, 5.41) is 12.7. The van der Waals surface area contributed by atoms with Crippen molar-refractivity contribution in [1.82, 2.24) is 29.4 Å². The van der Waals surface area contributed by atoms with Gasteiger partial charge < -0.3 is 30.0 Å². The van der Waals surface area contributed by atoms with Gasteiger partial charge in [-0.05, 0) is 94.3 Å². The summed E-state index contributed by atoms with van der Waals surface area (Å²) in [5.41, 5.74) is 2.46. The number of nitrogens with one attached hydrogen (secondary N) is 1. The van der Waals surface area contributed by atoms with Gasteiger partial charge >= 0.3 is 5.97 Å². The zero-order valence-corrected chi connectivity index (χ0v) is 28.5. The van der Waals surface area contributed by atoms with Gasteiger partial charge in [-0.1, -0.05) is 12.8 Å². The average Bonchev–Trinajstić information content (AvgIpc) is 3.14. The van der Waals surface area contributed by atoms with E-state index in [9.17, 15) is 19.5 Å². The topological polar surface area (TPSA) is 103 Å². The zero-order chi connectivity index (χ0) is 33.3. The molecule has 260 valence electrons. The van der Waals surface area contributed by atoms with Crippen LogP contribution >= 0.6 is 0 Å². The highest BCUT2D eigenvalue weighted by molar-refractivity contribution is 6.03. The Morgan fingerprint density at radius 2 is 0.958 bits per heavy atom. The highest BCUT2D eigenvalue weighted by atomic mass is 16.4. The number of aromatic carboxylic acids is 1. The number of piperidine rings is 2. The Balaban J connectivity index is 1.09. The molecule has 4 fully saturated rings. The van der Waals surface area contributed by atoms with Crippen molar-refractivity contribution >= 4 is 29.2 Å². The summed E-state index contributed by atoms with van der Waals surface area (Å²) in [4.78, 5) is 52.9. The van der Waals surface area contributed by atoms with E-state index in [2.05, 4.69) is 24.9 Å². The first kappa shape index (κ1) is 34.4. The second-order valence-corrected chi connectivity index (χ2v) is 13.8. The van der Waals surface area contributed by atoms with E-state index in [1.54, 1.807) is 30.3 Å². The number of piperazine rings is 2. The van der Waals surface area contributed by atoms with Gasteiger partial charge in [0.25, 0.3) is 11.8 Å². The Morgan fingerprint density at radius 1 is 0.521 bits per heavy atom. The molecule has 0 bridgehead atoms. The number of carbonyl (C=O) groups excluding carboxylic acids is 2. The number of anilines is 2. The molecule has 0 spiro atoms. The number of benzene rings is 2. The van der Waals surface area contributed by atoms with Crippen LogP contribution in [0.3, 0.4) is 0 Å². The number of nitrogens with zero attached hydrogens (tertiary/aromatic N) is 6. The predicted octanol–water partition coefficient (Wildman–Crippen LogP) is 3.62. The third-order valence-electron chi connectivity index (χ3n) is 10.6. The van der Waals surface area contributed by atoms with E-state index in [0.717, 1.165) is 52.4 Å². The molecule has 0 unspecified atom stereocenters. The van der Waals surface area contributed by atoms with Gasteiger partial charge in [-0.3, -0.25) is 19.4 Å². The number of hydrogen-bond donors (Lipinski definition) is 2. The molecular formula is C37H53N7O4. The summed E-state index contributed by atoms with van der Waals surface area (Å²) in [6, 6.07) is 11.8. The molecule has 6 rings (SSSR count). The number of amides is 2. The van der Waals surface area contributed by atoms with Gasteiger partial charge in [-0.2, -0.15) is 0 Å². The molecular weight excluding hydrogens is 606 g/mol. The summed E-state index contributed by atoms with van der Waals surface area (Å²) in [5.74, 6) is -1.08. The minimum absolute atomic E-state index is 0.0312. The fourth-order valence-electron chi connectivity index (χ4n) is 7.45. The lowest BCUT2D eigenvalue weighted by atomic mass is 10.0. The van der Waals surface area contributed by atoms with Crippen molar-refractivity contribution in [1.29, 1.82) is 0 Å². The van der Waals surface area contributed by atoms with Gasteiger partial charge in [-0.15, -0.1) is 0 Å². The first-order chi connectivity index (χ1) is 23.4. The van der Waals surface area contributed by atoms with Crippen LogP contribution in [-0.2, 0) is 0 Å². The van der Waals surface area contributed by atoms with Crippen molar-refractivity contribution in [2.45, 2.75) is 38.5 Å². The number of carboxylic acids is 1. The van der Waals surface area contributed by atoms with E-state index < -0.39 is 5.97 Å². The minimum atomic E-state index is -0.994. The molecule has 11 nitrogen and oxygen atoms in total. The highest BCUT2D eigenvalue weighted by Crippen LogP contribution is 2.26. The monoisotopic (exact) mass is 659 g/mol. The number of hydrogen-bond acceptors (Lipinski definition) is 8. The van der Waals surface area contributed by atoms with Gasteiger partial charge in [0.1, 0.15) is 0 Å². The molecule has 4 aliphatic heterocycles. The number of carboxylic acid groups (broad SMARTS) is 1. The molecule has 4 saturated heterocycles. The van der Waals surface area contributed by atoms with Crippen LogP contribution in [0.25, 0.3) is 0 Å². The summed E-state index contributed by atoms with van der Waals surface area (Å²) in [7, 11) is 0. The maximum atomic E-state index is 13.9. The maximum absolute atomic E-state index is 13.9. The van der Waals surface area contributed by atoms with Crippen LogP contribution in [-0.4, -0.2) is 157 Å². The van der Waals surface area contributed by atoms with Crippen molar-refractivity contribution in [2.24, 2.45) is 0 Å². The van der Waals surface area contributed by atoms with Crippen LogP contribution in [0.5, 0.6) is 0 Å². The van der Waals surface area contributed by atoms with Gasteiger partial charge in [0, 0.05) is 89.8 Å². The van der Waals surface area contributed by atoms with Crippen molar-refractivity contribution < 1.29 is 19.5 Å².